The summed E-state index contributed by atoms with van der Waals surface area (Å²) >= 11 is 5.12. The molecule has 0 aliphatic rings. The molecule has 0 aliphatic carbocycles. The van der Waals surface area contributed by atoms with Crippen LogP contribution in [0.2, 0.25) is 0 Å². The van der Waals surface area contributed by atoms with Crippen LogP contribution in [-0.4, -0.2) is 33.0 Å². The molecule has 0 radical (unpaired) electrons. The van der Waals surface area contributed by atoms with E-state index in [2.05, 4.69) is 10.2 Å². The number of hydrogen-bond donors (Lipinski definition) is 1. The second-order valence-corrected chi connectivity index (χ2v) is 5.44. The summed E-state index contributed by atoms with van der Waals surface area (Å²) in [6, 6.07) is 2.00. The van der Waals surface area contributed by atoms with Gasteiger partial charge in [0, 0.05) is 33.0 Å². The van der Waals surface area contributed by atoms with E-state index in [4.69, 9.17) is 17.0 Å². The lowest BCUT2D eigenvalue weighted by molar-refractivity contribution is 0.189. The average Bonchev–Trinajstić information content (AvgIpc) is 2.75. The lowest BCUT2D eigenvalue weighted by Crippen LogP contribution is -2.26. The number of methoxy groups -OCH3 is 1. The highest BCUT2D eigenvalue weighted by atomic mass is 32.1. The first kappa shape index (κ1) is 15.7. The molecule has 2 aromatic heterocycles. The largest absolute Gasteiger partial charge is 0.385 e. The minimum Gasteiger partial charge on any atom is -0.385 e. The second kappa shape index (κ2) is 6.36. The van der Waals surface area contributed by atoms with Gasteiger partial charge in [-0.25, -0.2) is 0 Å². The third-order valence-corrected chi connectivity index (χ3v) is 3.90. The Balaban J connectivity index is 2.57. The number of rotatable bonds is 5. The maximum atomic E-state index is 12.8. The average molecular weight is 308 g/mol. The number of aryl methyl sites for hydroxylation is 2. The van der Waals surface area contributed by atoms with E-state index in [-0.39, 0.29) is 5.56 Å². The van der Waals surface area contributed by atoms with Gasteiger partial charge in [-0.05, 0) is 44.1 Å². The molecule has 6 nitrogen and oxygen atoms in total. The van der Waals surface area contributed by atoms with Crippen LogP contribution >= 0.6 is 12.2 Å². The predicted molar refractivity (Wildman–Crippen MR) is 84.1 cm³/mol. The highest BCUT2D eigenvalue weighted by Crippen LogP contribution is 2.18. The SMILES string of the molecule is COCCCn1c(C)cc(C)c(-c2n[nH]c(=S)n2C)c1=O. The zero-order chi connectivity index (χ0) is 15.6. The van der Waals surface area contributed by atoms with Gasteiger partial charge in [-0.2, -0.15) is 5.10 Å². The first-order valence-corrected chi connectivity index (χ1v) is 7.20. The number of nitrogens with zero attached hydrogens (tertiary/aromatic N) is 3. The van der Waals surface area contributed by atoms with Crippen molar-refractivity contribution in [3.8, 4) is 11.4 Å². The molecule has 7 heteroatoms. The topological polar surface area (TPSA) is 64.8 Å². The van der Waals surface area contributed by atoms with E-state index in [1.807, 2.05) is 19.9 Å². The van der Waals surface area contributed by atoms with Crippen molar-refractivity contribution in [3.63, 3.8) is 0 Å². The van der Waals surface area contributed by atoms with E-state index >= 15 is 0 Å². The Labute approximate surface area is 128 Å². The van der Waals surface area contributed by atoms with Gasteiger partial charge in [0.2, 0.25) is 0 Å². The summed E-state index contributed by atoms with van der Waals surface area (Å²) in [7, 11) is 3.46. The van der Waals surface area contributed by atoms with Gasteiger partial charge in [-0.1, -0.05) is 0 Å². The number of pyridine rings is 1. The summed E-state index contributed by atoms with van der Waals surface area (Å²) in [5.41, 5.74) is 2.39. The van der Waals surface area contributed by atoms with Crippen LogP contribution in [0.5, 0.6) is 0 Å². The van der Waals surface area contributed by atoms with Crippen molar-refractivity contribution in [3.05, 3.63) is 32.4 Å². The smallest absolute Gasteiger partial charge is 0.262 e. The number of hydrogen-bond acceptors (Lipinski definition) is 4. The Morgan fingerprint density at radius 3 is 2.71 bits per heavy atom. The quantitative estimate of drug-likeness (QED) is 0.677. The molecular formula is C14H20N4O2S. The Morgan fingerprint density at radius 2 is 2.14 bits per heavy atom. The van der Waals surface area contributed by atoms with Crippen molar-refractivity contribution >= 4 is 12.2 Å². The van der Waals surface area contributed by atoms with Gasteiger partial charge in [0.15, 0.2) is 10.6 Å². The summed E-state index contributed by atoms with van der Waals surface area (Å²) in [5.74, 6) is 0.572. The molecule has 2 rings (SSSR count). The molecule has 0 atom stereocenters. The lowest BCUT2D eigenvalue weighted by atomic mass is 10.1. The Kier molecular flexibility index (Phi) is 4.74. The summed E-state index contributed by atoms with van der Waals surface area (Å²) in [6.07, 6.45) is 0.790. The first-order valence-electron chi connectivity index (χ1n) is 6.79. The number of ether oxygens (including phenoxy) is 1. The molecule has 21 heavy (non-hydrogen) atoms. The fourth-order valence-electron chi connectivity index (χ4n) is 2.41. The molecule has 2 aromatic rings. The van der Waals surface area contributed by atoms with Crippen LogP contribution in [0.25, 0.3) is 11.4 Å². The maximum Gasteiger partial charge on any atom is 0.262 e. The molecule has 2 heterocycles. The van der Waals surface area contributed by atoms with Gasteiger partial charge >= 0.3 is 0 Å². The van der Waals surface area contributed by atoms with Gasteiger partial charge in [0.1, 0.15) is 0 Å². The summed E-state index contributed by atoms with van der Waals surface area (Å²) in [6.45, 7) is 5.11. The Bertz CT molecular complexity index is 757. The minimum absolute atomic E-state index is 0.0410. The highest BCUT2D eigenvalue weighted by Gasteiger charge is 2.16. The molecule has 1 N–H and O–H groups in total. The molecule has 0 unspecified atom stereocenters. The van der Waals surface area contributed by atoms with Crippen molar-refractivity contribution in [2.45, 2.75) is 26.8 Å². The van der Waals surface area contributed by atoms with Crippen LogP contribution in [-0.2, 0) is 18.3 Å². The monoisotopic (exact) mass is 308 g/mol. The Hall–Kier alpha value is -1.73. The zero-order valence-electron chi connectivity index (χ0n) is 12.8. The molecule has 0 fully saturated rings. The van der Waals surface area contributed by atoms with E-state index in [0.717, 1.165) is 17.7 Å². The van der Waals surface area contributed by atoms with E-state index in [1.165, 1.54) is 0 Å². The standard InChI is InChI=1S/C14H20N4O2S/c1-9-8-10(2)18(6-5-7-20-4)13(19)11(9)12-15-16-14(21)17(12)3/h8H,5-7H2,1-4H3,(H,16,21). The molecule has 0 saturated carbocycles. The normalized spacial score (nSPS) is 11.0. The van der Waals surface area contributed by atoms with Crippen LogP contribution in [0.4, 0.5) is 0 Å². The fraction of sp³-hybridized carbons (Fsp3) is 0.500. The molecule has 0 aliphatic heterocycles. The van der Waals surface area contributed by atoms with Gasteiger partial charge in [0.25, 0.3) is 5.56 Å². The minimum atomic E-state index is -0.0410. The van der Waals surface area contributed by atoms with Crippen molar-refractivity contribution in [1.82, 2.24) is 19.3 Å². The summed E-state index contributed by atoms with van der Waals surface area (Å²) in [5, 5.41) is 6.91. The number of aromatic amines is 1. The molecule has 0 amide bonds. The third kappa shape index (κ3) is 2.98. The lowest BCUT2D eigenvalue weighted by Gasteiger charge is -2.14. The molecule has 114 valence electrons. The zero-order valence-corrected chi connectivity index (χ0v) is 13.6. The Morgan fingerprint density at radius 1 is 1.43 bits per heavy atom. The molecular weight excluding hydrogens is 288 g/mol. The van der Waals surface area contributed by atoms with Crippen molar-refractivity contribution in [1.29, 1.82) is 0 Å². The van der Waals surface area contributed by atoms with Crippen LogP contribution in [0.3, 0.4) is 0 Å². The molecule has 0 saturated heterocycles. The fourth-order valence-corrected chi connectivity index (χ4v) is 2.55. The van der Waals surface area contributed by atoms with E-state index < -0.39 is 0 Å². The van der Waals surface area contributed by atoms with Gasteiger partial charge in [-0.3, -0.25) is 9.89 Å². The van der Waals surface area contributed by atoms with Crippen molar-refractivity contribution in [2.75, 3.05) is 13.7 Å². The number of aromatic nitrogens is 4. The molecule has 0 spiro atoms. The van der Waals surface area contributed by atoms with E-state index in [9.17, 15) is 4.79 Å². The van der Waals surface area contributed by atoms with Gasteiger partial charge < -0.3 is 13.9 Å². The highest BCUT2D eigenvalue weighted by molar-refractivity contribution is 7.71. The van der Waals surface area contributed by atoms with Gasteiger partial charge in [-0.15, -0.1) is 0 Å². The van der Waals surface area contributed by atoms with E-state index in [0.29, 0.717) is 29.3 Å². The van der Waals surface area contributed by atoms with Crippen LogP contribution in [0.15, 0.2) is 10.9 Å². The predicted octanol–water partition coefficient (Wildman–Crippen LogP) is 1.96. The summed E-state index contributed by atoms with van der Waals surface area (Å²) in [4.78, 5) is 12.8. The number of H-pyrrole nitrogens is 1. The molecule has 0 aromatic carbocycles. The van der Waals surface area contributed by atoms with Crippen LogP contribution in [0, 0.1) is 18.6 Å². The molecule has 0 bridgehead atoms. The first-order chi connectivity index (χ1) is 9.97. The van der Waals surface area contributed by atoms with Crippen LogP contribution < -0.4 is 5.56 Å². The van der Waals surface area contributed by atoms with Gasteiger partial charge in [0.05, 0.1) is 5.56 Å². The van der Waals surface area contributed by atoms with Crippen LogP contribution in [0.1, 0.15) is 17.7 Å². The summed E-state index contributed by atoms with van der Waals surface area (Å²) < 4.78 is 9.03. The third-order valence-electron chi connectivity index (χ3n) is 3.54. The number of nitrogens with one attached hydrogen (secondary N) is 1. The van der Waals surface area contributed by atoms with E-state index in [1.54, 1.807) is 23.3 Å². The maximum absolute atomic E-state index is 12.8. The second-order valence-electron chi connectivity index (χ2n) is 5.06. The van der Waals surface area contributed by atoms with Crippen molar-refractivity contribution < 1.29 is 4.74 Å². The van der Waals surface area contributed by atoms with Crippen molar-refractivity contribution in [2.24, 2.45) is 7.05 Å².